The van der Waals surface area contributed by atoms with Crippen molar-refractivity contribution in [3.8, 4) is 0 Å². The quantitative estimate of drug-likeness (QED) is 0.891. The Balaban J connectivity index is 1.46. The lowest BCUT2D eigenvalue weighted by atomic mass is 10.0. The molecule has 3 N–H and O–H groups in total. The van der Waals surface area contributed by atoms with Crippen molar-refractivity contribution in [2.24, 2.45) is 5.73 Å². The summed E-state index contributed by atoms with van der Waals surface area (Å²) in [6.07, 6.45) is 3.46. The van der Waals surface area contributed by atoms with Gasteiger partial charge in [-0.3, -0.25) is 9.59 Å². The van der Waals surface area contributed by atoms with Gasteiger partial charge in [0.1, 0.15) is 0 Å². The van der Waals surface area contributed by atoms with Crippen LogP contribution in [0.1, 0.15) is 47.6 Å². The van der Waals surface area contributed by atoms with Gasteiger partial charge in [-0.05, 0) is 55.5 Å². The number of likely N-dealkylation sites (tertiary alicyclic amines) is 1. The Kier molecular flexibility index (Phi) is 4.24. The maximum absolute atomic E-state index is 13.0. The summed E-state index contributed by atoms with van der Waals surface area (Å²) in [4.78, 5) is 26.9. The molecule has 1 saturated heterocycles. The highest BCUT2D eigenvalue weighted by Gasteiger charge is 2.45. The van der Waals surface area contributed by atoms with Gasteiger partial charge in [-0.15, -0.1) is 0 Å². The average molecular weight is 349 g/mol. The molecule has 2 fully saturated rings. The van der Waals surface area contributed by atoms with Crippen LogP contribution in [-0.4, -0.2) is 28.8 Å². The number of carbonyl (C=O) groups is 2. The molecule has 0 aromatic heterocycles. The number of amides is 2. The third-order valence-corrected chi connectivity index (χ3v) is 5.33. The number of carbonyl (C=O) groups excluding carboxylic acids is 2. The third-order valence-electron chi connectivity index (χ3n) is 5.33. The lowest BCUT2D eigenvalue weighted by molar-refractivity contribution is -0.118. The molecule has 2 aliphatic rings. The molecule has 1 heterocycles. The van der Waals surface area contributed by atoms with Crippen molar-refractivity contribution in [1.29, 1.82) is 0 Å². The van der Waals surface area contributed by atoms with Gasteiger partial charge in [0.25, 0.3) is 5.91 Å². The first-order valence-electron chi connectivity index (χ1n) is 9.13. The molecule has 1 unspecified atom stereocenters. The fourth-order valence-electron chi connectivity index (χ4n) is 3.51. The minimum absolute atomic E-state index is 0.0340. The summed E-state index contributed by atoms with van der Waals surface area (Å²) < 4.78 is 0. The molecule has 1 atom stereocenters. The van der Waals surface area contributed by atoms with E-state index in [1.54, 1.807) is 24.3 Å². The molecule has 2 amide bonds. The highest BCUT2D eigenvalue weighted by atomic mass is 16.2. The Labute approximate surface area is 153 Å². The number of benzene rings is 2. The predicted octanol–water partition coefficient (Wildman–Crippen LogP) is 3.09. The van der Waals surface area contributed by atoms with Crippen LogP contribution in [-0.2, 0) is 4.79 Å². The number of nitrogens with two attached hydrogens (primary N) is 1. The Morgan fingerprint density at radius 3 is 2.38 bits per heavy atom. The maximum Gasteiger partial charge on any atom is 0.254 e. The molecule has 4 rings (SSSR count). The van der Waals surface area contributed by atoms with Crippen LogP contribution in [0.25, 0.3) is 0 Å². The van der Waals surface area contributed by atoms with E-state index in [0.717, 1.165) is 32.2 Å². The second-order valence-electron chi connectivity index (χ2n) is 7.25. The van der Waals surface area contributed by atoms with E-state index in [2.05, 4.69) is 17.4 Å². The minimum atomic E-state index is -0.701. The molecule has 5 heteroatoms. The van der Waals surface area contributed by atoms with E-state index in [4.69, 9.17) is 5.73 Å². The smallest absolute Gasteiger partial charge is 0.254 e. The van der Waals surface area contributed by atoms with Crippen LogP contribution in [0.5, 0.6) is 0 Å². The standard InChI is InChI=1S/C21H23N3O2/c22-21(12-13-21)20(26)23-17-10-8-16(9-11-17)19(25)24-14-4-7-18(24)15-5-2-1-3-6-15/h1-3,5-6,8-11,18H,4,7,12-14,22H2,(H,23,26). The zero-order chi connectivity index (χ0) is 18.1. The number of nitrogens with one attached hydrogen (secondary N) is 1. The maximum atomic E-state index is 13.0. The van der Waals surface area contributed by atoms with Crippen molar-refractivity contribution in [2.45, 2.75) is 37.3 Å². The van der Waals surface area contributed by atoms with E-state index in [1.807, 2.05) is 23.1 Å². The van der Waals surface area contributed by atoms with E-state index in [9.17, 15) is 9.59 Å². The first-order valence-corrected chi connectivity index (χ1v) is 9.13. The topological polar surface area (TPSA) is 75.4 Å². The van der Waals surface area contributed by atoms with Gasteiger partial charge in [0.15, 0.2) is 0 Å². The Bertz CT molecular complexity index is 813. The largest absolute Gasteiger partial charge is 0.332 e. The van der Waals surface area contributed by atoms with Crippen LogP contribution in [0.3, 0.4) is 0 Å². The average Bonchev–Trinajstić information content (AvgIpc) is 3.24. The predicted molar refractivity (Wildman–Crippen MR) is 101 cm³/mol. The van der Waals surface area contributed by atoms with E-state index in [1.165, 1.54) is 5.56 Å². The van der Waals surface area contributed by atoms with E-state index in [0.29, 0.717) is 11.3 Å². The minimum Gasteiger partial charge on any atom is -0.332 e. The fourth-order valence-corrected chi connectivity index (χ4v) is 3.51. The van der Waals surface area contributed by atoms with E-state index < -0.39 is 5.54 Å². The van der Waals surface area contributed by atoms with Gasteiger partial charge in [0.2, 0.25) is 5.91 Å². The second-order valence-corrected chi connectivity index (χ2v) is 7.25. The van der Waals surface area contributed by atoms with Crippen LogP contribution >= 0.6 is 0 Å². The van der Waals surface area contributed by atoms with E-state index >= 15 is 0 Å². The first kappa shape index (κ1) is 16.8. The van der Waals surface area contributed by atoms with Crippen LogP contribution in [0.2, 0.25) is 0 Å². The molecule has 0 radical (unpaired) electrons. The molecule has 2 aromatic carbocycles. The van der Waals surface area contributed by atoms with Crippen LogP contribution < -0.4 is 11.1 Å². The number of hydrogen-bond acceptors (Lipinski definition) is 3. The molecule has 0 spiro atoms. The zero-order valence-corrected chi connectivity index (χ0v) is 14.7. The molecule has 26 heavy (non-hydrogen) atoms. The molecule has 1 saturated carbocycles. The number of rotatable bonds is 4. The van der Waals surface area contributed by atoms with Gasteiger partial charge in [-0.2, -0.15) is 0 Å². The Hall–Kier alpha value is -2.66. The van der Waals surface area contributed by atoms with Gasteiger partial charge in [0, 0.05) is 17.8 Å². The monoisotopic (exact) mass is 349 g/mol. The lowest BCUT2D eigenvalue weighted by Crippen LogP contribution is -2.37. The Morgan fingerprint density at radius 1 is 1.04 bits per heavy atom. The lowest BCUT2D eigenvalue weighted by Gasteiger charge is -2.25. The number of hydrogen-bond donors (Lipinski definition) is 2. The van der Waals surface area contributed by atoms with Gasteiger partial charge in [0.05, 0.1) is 11.6 Å². The summed E-state index contributed by atoms with van der Waals surface area (Å²) >= 11 is 0. The van der Waals surface area contributed by atoms with Gasteiger partial charge in [-0.25, -0.2) is 0 Å². The Morgan fingerprint density at radius 2 is 1.73 bits per heavy atom. The third kappa shape index (κ3) is 3.22. The van der Waals surface area contributed by atoms with Gasteiger partial charge >= 0.3 is 0 Å². The van der Waals surface area contributed by atoms with Gasteiger partial charge in [-0.1, -0.05) is 30.3 Å². The number of nitrogens with zero attached hydrogens (tertiary/aromatic N) is 1. The van der Waals surface area contributed by atoms with Crippen LogP contribution in [0, 0.1) is 0 Å². The van der Waals surface area contributed by atoms with Crippen molar-refractivity contribution >= 4 is 17.5 Å². The summed E-state index contributed by atoms with van der Waals surface area (Å²) in [6, 6.07) is 17.4. The van der Waals surface area contributed by atoms with Crippen LogP contribution in [0.4, 0.5) is 5.69 Å². The molecule has 2 aromatic rings. The molecular formula is C21H23N3O2. The highest BCUT2D eigenvalue weighted by molar-refractivity contribution is 6.00. The van der Waals surface area contributed by atoms with Crippen molar-refractivity contribution in [2.75, 3.05) is 11.9 Å². The molecule has 1 aliphatic heterocycles. The number of anilines is 1. The normalized spacial score (nSPS) is 20.7. The zero-order valence-electron chi connectivity index (χ0n) is 14.7. The summed E-state index contributed by atoms with van der Waals surface area (Å²) in [5.74, 6) is -0.119. The second kappa shape index (κ2) is 6.57. The molecular weight excluding hydrogens is 326 g/mol. The van der Waals surface area contributed by atoms with Crippen molar-refractivity contribution in [1.82, 2.24) is 4.90 Å². The fraction of sp³-hybridized carbons (Fsp3) is 0.333. The first-order chi connectivity index (χ1) is 12.6. The summed E-state index contributed by atoms with van der Waals surface area (Å²) in [6.45, 7) is 0.770. The SMILES string of the molecule is NC1(C(=O)Nc2ccc(C(=O)N3CCCC3c3ccccc3)cc2)CC1. The van der Waals surface area contributed by atoms with Crippen LogP contribution in [0.15, 0.2) is 54.6 Å². The van der Waals surface area contributed by atoms with E-state index in [-0.39, 0.29) is 17.9 Å². The summed E-state index contributed by atoms with van der Waals surface area (Å²) in [5, 5.41) is 2.83. The van der Waals surface area contributed by atoms with Crippen molar-refractivity contribution in [3.63, 3.8) is 0 Å². The highest BCUT2D eigenvalue weighted by Crippen LogP contribution is 2.34. The molecule has 5 nitrogen and oxygen atoms in total. The molecule has 134 valence electrons. The molecule has 1 aliphatic carbocycles. The van der Waals surface area contributed by atoms with Crippen molar-refractivity contribution in [3.05, 3.63) is 65.7 Å². The van der Waals surface area contributed by atoms with Gasteiger partial charge < -0.3 is 16.0 Å². The summed E-state index contributed by atoms with van der Waals surface area (Å²) in [5.41, 5.74) is 7.68. The summed E-state index contributed by atoms with van der Waals surface area (Å²) in [7, 11) is 0. The van der Waals surface area contributed by atoms with Crippen molar-refractivity contribution < 1.29 is 9.59 Å². The molecule has 0 bridgehead atoms.